The molecule has 0 spiro atoms. The molecule has 0 aliphatic heterocycles. The molecule has 1 unspecified atom stereocenters. The maximum atomic E-state index is 12.3. The highest BCUT2D eigenvalue weighted by Crippen LogP contribution is 2.59. The molecule has 5 heteroatoms. The van der Waals surface area contributed by atoms with Crippen LogP contribution in [0.15, 0.2) is 0 Å². The summed E-state index contributed by atoms with van der Waals surface area (Å²) < 4.78 is 42.0. The van der Waals surface area contributed by atoms with Gasteiger partial charge in [-0.2, -0.15) is 13.2 Å². The number of halogens is 3. The second-order valence-electron chi connectivity index (χ2n) is 3.50. The van der Waals surface area contributed by atoms with E-state index in [0.717, 1.165) is 0 Å². The van der Waals surface area contributed by atoms with E-state index >= 15 is 0 Å². The molecule has 0 aromatic carbocycles. The van der Waals surface area contributed by atoms with E-state index in [4.69, 9.17) is 4.74 Å². The first-order chi connectivity index (χ1) is 5.87. The van der Waals surface area contributed by atoms with Gasteiger partial charge in [0, 0.05) is 6.61 Å². The molecular weight excluding hydrogens is 201 g/mol. The van der Waals surface area contributed by atoms with Gasteiger partial charge in [-0.05, 0) is 26.2 Å². The van der Waals surface area contributed by atoms with Crippen LogP contribution in [0.3, 0.4) is 0 Å². The van der Waals surface area contributed by atoms with E-state index in [1.165, 1.54) is 0 Å². The molecule has 1 aliphatic carbocycles. The molecule has 78 valence electrons. The lowest BCUT2D eigenvalue weighted by Gasteiger charge is -2.19. The minimum Gasteiger partial charge on any atom is -0.368 e. The van der Waals surface area contributed by atoms with Crippen molar-refractivity contribution in [3.8, 4) is 0 Å². The summed E-state index contributed by atoms with van der Waals surface area (Å²) in [6.07, 6.45) is -3.49. The SMILES string of the molecule is CC(S)OCCC1(C(F)(F)F)CC1. The lowest BCUT2D eigenvalue weighted by molar-refractivity contribution is -0.192. The van der Waals surface area contributed by atoms with Gasteiger partial charge in [-0.25, -0.2) is 0 Å². The van der Waals surface area contributed by atoms with Gasteiger partial charge in [-0.15, -0.1) is 12.6 Å². The second kappa shape index (κ2) is 3.69. The Kier molecular flexibility index (Phi) is 3.17. The molecular formula is C8H13F3OS. The van der Waals surface area contributed by atoms with Gasteiger partial charge in [0.15, 0.2) is 0 Å². The Balaban J connectivity index is 2.29. The number of rotatable bonds is 4. The molecule has 0 amide bonds. The molecule has 0 radical (unpaired) electrons. The molecule has 0 bridgehead atoms. The minimum atomic E-state index is -4.06. The van der Waals surface area contributed by atoms with Crippen LogP contribution < -0.4 is 0 Å². The standard InChI is InChI=1S/C8H13F3OS/c1-6(13)12-5-4-7(2-3-7)8(9,10)11/h6,13H,2-5H2,1H3. The average Bonchev–Trinajstić information content (AvgIpc) is 2.65. The van der Waals surface area contributed by atoms with Crippen molar-refractivity contribution in [3.05, 3.63) is 0 Å². The Morgan fingerprint density at radius 1 is 1.46 bits per heavy atom. The van der Waals surface area contributed by atoms with Crippen molar-refractivity contribution in [2.75, 3.05) is 6.61 Å². The third-order valence-electron chi connectivity index (χ3n) is 2.39. The smallest absolute Gasteiger partial charge is 0.368 e. The van der Waals surface area contributed by atoms with Crippen LogP contribution in [0.4, 0.5) is 13.2 Å². The van der Waals surface area contributed by atoms with Gasteiger partial charge in [-0.1, -0.05) is 0 Å². The van der Waals surface area contributed by atoms with E-state index in [1.807, 2.05) is 0 Å². The summed E-state index contributed by atoms with van der Waals surface area (Å²) in [5.41, 5.74) is -1.72. The summed E-state index contributed by atoms with van der Waals surface area (Å²) in [6.45, 7) is 1.83. The zero-order chi connectivity index (χ0) is 10.1. The Labute approximate surface area is 81.1 Å². The van der Waals surface area contributed by atoms with Crippen molar-refractivity contribution >= 4 is 12.6 Å². The van der Waals surface area contributed by atoms with Crippen LogP contribution in [-0.4, -0.2) is 18.2 Å². The third kappa shape index (κ3) is 2.77. The normalized spacial score (nSPS) is 22.8. The third-order valence-corrected chi connectivity index (χ3v) is 2.54. The Bertz CT molecular complexity index is 175. The molecule has 0 saturated heterocycles. The van der Waals surface area contributed by atoms with Crippen LogP contribution in [0.1, 0.15) is 26.2 Å². The van der Waals surface area contributed by atoms with Crippen molar-refractivity contribution < 1.29 is 17.9 Å². The Morgan fingerprint density at radius 3 is 2.31 bits per heavy atom. The summed E-state index contributed by atoms with van der Waals surface area (Å²) in [7, 11) is 0. The summed E-state index contributed by atoms with van der Waals surface area (Å²) >= 11 is 3.92. The molecule has 0 aromatic rings. The molecule has 1 aliphatic rings. The van der Waals surface area contributed by atoms with Crippen LogP contribution >= 0.6 is 12.6 Å². The lowest BCUT2D eigenvalue weighted by Crippen LogP contribution is -2.26. The highest BCUT2D eigenvalue weighted by Gasteiger charge is 2.62. The summed E-state index contributed by atoms with van der Waals surface area (Å²) in [4.78, 5) is 0. The summed E-state index contributed by atoms with van der Waals surface area (Å²) in [5.74, 6) is 0. The fourth-order valence-electron chi connectivity index (χ4n) is 1.25. The monoisotopic (exact) mass is 214 g/mol. The molecule has 1 atom stereocenters. The molecule has 1 fully saturated rings. The first kappa shape index (κ1) is 11.2. The van der Waals surface area contributed by atoms with Crippen LogP contribution in [-0.2, 0) is 4.74 Å². The zero-order valence-corrected chi connectivity index (χ0v) is 8.29. The Morgan fingerprint density at radius 2 is 2.00 bits per heavy atom. The number of hydrogen-bond donors (Lipinski definition) is 1. The minimum absolute atomic E-state index is 0.0708. The first-order valence-electron chi connectivity index (χ1n) is 4.24. The van der Waals surface area contributed by atoms with Crippen LogP contribution in [0, 0.1) is 5.41 Å². The van der Waals surface area contributed by atoms with Gasteiger partial charge < -0.3 is 4.74 Å². The number of thiol groups is 1. The van der Waals surface area contributed by atoms with Crippen LogP contribution in [0.5, 0.6) is 0 Å². The van der Waals surface area contributed by atoms with Gasteiger partial charge >= 0.3 is 6.18 Å². The van der Waals surface area contributed by atoms with Crippen molar-refractivity contribution in [1.29, 1.82) is 0 Å². The van der Waals surface area contributed by atoms with E-state index in [0.29, 0.717) is 0 Å². The lowest BCUT2D eigenvalue weighted by atomic mass is 10.0. The maximum absolute atomic E-state index is 12.3. The fourth-order valence-corrected chi connectivity index (χ4v) is 1.36. The van der Waals surface area contributed by atoms with Gasteiger partial charge in [0.1, 0.15) is 0 Å². The van der Waals surface area contributed by atoms with E-state index in [2.05, 4.69) is 12.6 Å². The molecule has 1 rings (SSSR count). The predicted molar refractivity (Wildman–Crippen MR) is 46.7 cm³/mol. The van der Waals surface area contributed by atoms with E-state index in [9.17, 15) is 13.2 Å². The van der Waals surface area contributed by atoms with Gasteiger partial charge in [0.25, 0.3) is 0 Å². The number of ether oxygens (including phenoxy) is 1. The number of hydrogen-bond acceptors (Lipinski definition) is 2. The predicted octanol–water partition coefficient (Wildman–Crippen LogP) is 3.01. The molecule has 1 saturated carbocycles. The topological polar surface area (TPSA) is 9.23 Å². The zero-order valence-electron chi connectivity index (χ0n) is 7.40. The van der Waals surface area contributed by atoms with Crippen LogP contribution in [0.25, 0.3) is 0 Å². The highest BCUT2D eigenvalue weighted by molar-refractivity contribution is 7.80. The van der Waals surface area contributed by atoms with Crippen LogP contribution in [0.2, 0.25) is 0 Å². The highest BCUT2D eigenvalue weighted by atomic mass is 32.1. The van der Waals surface area contributed by atoms with E-state index in [-0.39, 0.29) is 31.3 Å². The number of alkyl halides is 3. The first-order valence-corrected chi connectivity index (χ1v) is 4.75. The average molecular weight is 214 g/mol. The van der Waals surface area contributed by atoms with E-state index in [1.54, 1.807) is 6.92 Å². The molecule has 0 heterocycles. The van der Waals surface area contributed by atoms with Gasteiger partial charge in [0.05, 0.1) is 10.9 Å². The van der Waals surface area contributed by atoms with Crippen molar-refractivity contribution in [2.45, 2.75) is 37.8 Å². The van der Waals surface area contributed by atoms with Gasteiger partial charge in [-0.3, -0.25) is 0 Å². The molecule has 0 aromatic heterocycles. The van der Waals surface area contributed by atoms with Gasteiger partial charge in [0.2, 0.25) is 0 Å². The fraction of sp³-hybridized carbons (Fsp3) is 1.00. The molecule has 0 N–H and O–H groups in total. The molecule has 1 nitrogen and oxygen atoms in total. The largest absolute Gasteiger partial charge is 0.394 e. The summed E-state index contributed by atoms with van der Waals surface area (Å²) in [6, 6.07) is 0. The second-order valence-corrected chi connectivity index (χ2v) is 4.23. The van der Waals surface area contributed by atoms with Crippen molar-refractivity contribution in [3.63, 3.8) is 0 Å². The van der Waals surface area contributed by atoms with Crippen molar-refractivity contribution in [1.82, 2.24) is 0 Å². The summed E-state index contributed by atoms with van der Waals surface area (Å²) in [5, 5.41) is 0. The van der Waals surface area contributed by atoms with Crippen molar-refractivity contribution in [2.24, 2.45) is 5.41 Å². The maximum Gasteiger partial charge on any atom is 0.394 e. The van der Waals surface area contributed by atoms with E-state index < -0.39 is 11.6 Å². The quantitative estimate of drug-likeness (QED) is 0.559. The Hall–Kier alpha value is 0.100. The molecule has 13 heavy (non-hydrogen) atoms.